The highest BCUT2D eigenvalue weighted by Gasteiger charge is 2.28. The SMILES string of the molecule is CCC(C(N)=NO)N1CCC(C)C(C)C1. The maximum Gasteiger partial charge on any atom is 0.156 e. The Morgan fingerprint density at radius 2 is 2.20 bits per heavy atom. The van der Waals surface area contributed by atoms with E-state index in [2.05, 4.69) is 30.8 Å². The summed E-state index contributed by atoms with van der Waals surface area (Å²) in [6, 6.07) is 0.102. The van der Waals surface area contributed by atoms with Crippen LogP contribution in [0, 0.1) is 11.8 Å². The van der Waals surface area contributed by atoms with Crippen molar-refractivity contribution in [3.05, 3.63) is 0 Å². The molecular weight excluding hydrogens is 190 g/mol. The van der Waals surface area contributed by atoms with Gasteiger partial charge in [-0.1, -0.05) is 25.9 Å². The molecule has 4 heteroatoms. The molecule has 0 radical (unpaired) electrons. The Labute approximate surface area is 92.1 Å². The van der Waals surface area contributed by atoms with E-state index in [4.69, 9.17) is 10.9 Å². The number of hydrogen-bond acceptors (Lipinski definition) is 3. The number of nitrogens with zero attached hydrogens (tertiary/aromatic N) is 2. The van der Waals surface area contributed by atoms with Crippen molar-refractivity contribution in [2.75, 3.05) is 13.1 Å². The normalized spacial score (nSPS) is 31.5. The zero-order valence-corrected chi connectivity index (χ0v) is 9.98. The molecule has 1 saturated heterocycles. The Kier molecular flexibility index (Phi) is 4.39. The van der Waals surface area contributed by atoms with Crippen LogP contribution in [0.1, 0.15) is 33.6 Å². The third-order valence-electron chi connectivity index (χ3n) is 3.65. The molecule has 0 amide bonds. The van der Waals surface area contributed by atoms with Gasteiger partial charge in [0.2, 0.25) is 0 Å². The summed E-state index contributed by atoms with van der Waals surface area (Å²) in [4.78, 5) is 2.33. The Morgan fingerprint density at radius 1 is 1.53 bits per heavy atom. The molecule has 1 heterocycles. The summed E-state index contributed by atoms with van der Waals surface area (Å²) in [5.41, 5.74) is 5.70. The van der Waals surface area contributed by atoms with Crippen molar-refractivity contribution in [3.63, 3.8) is 0 Å². The van der Waals surface area contributed by atoms with Gasteiger partial charge in [-0.2, -0.15) is 0 Å². The van der Waals surface area contributed by atoms with Crippen LogP contribution in [0.3, 0.4) is 0 Å². The average Bonchev–Trinajstić information content (AvgIpc) is 2.24. The fraction of sp³-hybridized carbons (Fsp3) is 0.909. The quantitative estimate of drug-likeness (QED) is 0.323. The molecule has 0 saturated carbocycles. The van der Waals surface area contributed by atoms with E-state index in [0.29, 0.717) is 11.8 Å². The van der Waals surface area contributed by atoms with E-state index in [0.717, 1.165) is 25.4 Å². The second kappa shape index (κ2) is 5.35. The number of hydrogen-bond donors (Lipinski definition) is 2. The lowest BCUT2D eigenvalue weighted by molar-refractivity contribution is 0.117. The Bertz CT molecular complexity index is 230. The van der Waals surface area contributed by atoms with Crippen LogP contribution in [0.25, 0.3) is 0 Å². The van der Waals surface area contributed by atoms with Gasteiger partial charge in [-0.05, 0) is 31.2 Å². The molecule has 1 rings (SSSR count). The molecule has 1 aliphatic heterocycles. The highest BCUT2D eigenvalue weighted by Crippen LogP contribution is 2.24. The first kappa shape index (κ1) is 12.3. The minimum Gasteiger partial charge on any atom is -0.409 e. The molecule has 3 N–H and O–H groups in total. The molecular formula is C11H23N3O. The molecule has 4 nitrogen and oxygen atoms in total. The number of amidine groups is 1. The van der Waals surface area contributed by atoms with Crippen molar-refractivity contribution in [2.24, 2.45) is 22.7 Å². The summed E-state index contributed by atoms with van der Waals surface area (Å²) < 4.78 is 0. The zero-order valence-electron chi connectivity index (χ0n) is 9.98. The van der Waals surface area contributed by atoms with Crippen LogP contribution >= 0.6 is 0 Å². The molecule has 0 aromatic heterocycles. The number of oxime groups is 1. The Balaban J connectivity index is 2.62. The number of rotatable bonds is 3. The van der Waals surface area contributed by atoms with Gasteiger partial charge in [0, 0.05) is 6.54 Å². The fourth-order valence-electron chi connectivity index (χ4n) is 2.30. The molecule has 88 valence electrons. The van der Waals surface area contributed by atoms with Crippen molar-refractivity contribution in [3.8, 4) is 0 Å². The minimum absolute atomic E-state index is 0.102. The van der Waals surface area contributed by atoms with Crippen LogP contribution in [-0.2, 0) is 0 Å². The molecule has 0 aromatic carbocycles. The second-order valence-electron chi connectivity index (χ2n) is 4.69. The molecule has 3 unspecified atom stereocenters. The maximum atomic E-state index is 8.72. The van der Waals surface area contributed by atoms with Crippen molar-refractivity contribution in [1.29, 1.82) is 0 Å². The van der Waals surface area contributed by atoms with Gasteiger partial charge in [0.1, 0.15) is 0 Å². The van der Waals surface area contributed by atoms with Crippen LogP contribution in [0.5, 0.6) is 0 Å². The third-order valence-corrected chi connectivity index (χ3v) is 3.65. The van der Waals surface area contributed by atoms with E-state index in [1.165, 1.54) is 6.42 Å². The molecule has 0 spiro atoms. The average molecular weight is 213 g/mol. The third kappa shape index (κ3) is 2.84. The van der Waals surface area contributed by atoms with Gasteiger partial charge < -0.3 is 10.9 Å². The van der Waals surface area contributed by atoms with Gasteiger partial charge in [0.05, 0.1) is 6.04 Å². The van der Waals surface area contributed by atoms with Crippen molar-refractivity contribution < 1.29 is 5.21 Å². The van der Waals surface area contributed by atoms with Gasteiger partial charge in [0.25, 0.3) is 0 Å². The van der Waals surface area contributed by atoms with Gasteiger partial charge in [-0.3, -0.25) is 4.90 Å². The first-order chi connectivity index (χ1) is 7.10. The van der Waals surface area contributed by atoms with E-state index >= 15 is 0 Å². The Morgan fingerprint density at radius 3 is 2.67 bits per heavy atom. The number of likely N-dealkylation sites (tertiary alicyclic amines) is 1. The van der Waals surface area contributed by atoms with E-state index < -0.39 is 0 Å². The first-order valence-corrected chi connectivity index (χ1v) is 5.81. The summed E-state index contributed by atoms with van der Waals surface area (Å²) >= 11 is 0. The maximum absolute atomic E-state index is 8.72. The molecule has 0 aromatic rings. The Hall–Kier alpha value is -0.770. The summed E-state index contributed by atoms with van der Waals surface area (Å²) in [5.74, 6) is 1.82. The summed E-state index contributed by atoms with van der Waals surface area (Å²) in [5, 5.41) is 11.9. The number of nitrogens with two attached hydrogens (primary N) is 1. The largest absolute Gasteiger partial charge is 0.409 e. The molecule has 1 fully saturated rings. The lowest BCUT2D eigenvalue weighted by Gasteiger charge is -2.39. The predicted octanol–water partition coefficient (Wildman–Crippen LogP) is 1.49. The van der Waals surface area contributed by atoms with Crippen molar-refractivity contribution >= 4 is 5.84 Å². The van der Waals surface area contributed by atoms with Crippen LogP contribution in [0.4, 0.5) is 0 Å². The number of piperidine rings is 1. The smallest absolute Gasteiger partial charge is 0.156 e. The monoisotopic (exact) mass is 213 g/mol. The zero-order chi connectivity index (χ0) is 11.4. The molecule has 1 aliphatic rings. The topological polar surface area (TPSA) is 61.9 Å². The van der Waals surface area contributed by atoms with Crippen LogP contribution in [0.15, 0.2) is 5.16 Å². The lowest BCUT2D eigenvalue weighted by atomic mass is 9.87. The highest BCUT2D eigenvalue weighted by atomic mass is 16.4. The second-order valence-corrected chi connectivity index (χ2v) is 4.69. The summed E-state index contributed by atoms with van der Waals surface area (Å²) in [7, 11) is 0. The van der Waals surface area contributed by atoms with Crippen LogP contribution < -0.4 is 5.73 Å². The molecule has 3 atom stereocenters. The van der Waals surface area contributed by atoms with E-state index in [9.17, 15) is 0 Å². The molecule has 0 aliphatic carbocycles. The minimum atomic E-state index is 0.102. The highest BCUT2D eigenvalue weighted by molar-refractivity contribution is 5.85. The summed E-state index contributed by atoms with van der Waals surface area (Å²) in [6.45, 7) is 8.75. The fourth-order valence-corrected chi connectivity index (χ4v) is 2.30. The molecule has 0 bridgehead atoms. The van der Waals surface area contributed by atoms with Crippen LogP contribution in [-0.4, -0.2) is 35.1 Å². The van der Waals surface area contributed by atoms with Gasteiger partial charge in [0.15, 0.2) is 5.84 Å². The van der Waals surface area contributed by atoms with Gasteiger partial charge in [-0.15, -0.1) is 0 Å². The van der Waals surface area contributed by atoms with Crippen molar-refractivity contribution in [1.82, 2.24) is 4.90 Å². The van der Waals surface area contributed by atoms with Crippen LogP contribution in [0.2, 0.25) is 0 Å². The van der Waals surface area contributed by atoms with E-state index in [1.807, 2.05) is 0 Å². The lowest BCUT2D eigenvalue weighted by Crippen LogP contribution is -2.50. The van der Waals surface area contributed by atoms with E-state index in [-0.39, 0.29) is 6.04 Å². The van der Waals surface area contributed by atoms with Crippen molar-refractivity contribution in [2.45, 2.75) is 39.7 Å². The van der Waals surface area contributed by atoms with E-state index in [1.54, 1.807) is 0 Å². The van der Waals surface area contributed by atoms with Gasteiger partial charge >= 0.3 is 0 Å². The molecule has 15 heavy (non-hydrogen) atoms. The summed E-state index contributed by atoms with van der Waals surface area (Å²) in [6.07, 6.45) is 2.10. The standard InChI is InChI=1S/C11H23N3O/c1-4-10(11(12)13-15)14-6-5-8(2)9(3)7-14/h8-10,15H,4-7H2,1-3H3,(H2,12,13). The predicted molar refractivity (Wildman–Crippen MR) is 62.0 cm³/mol. The first-order valence-electron chi connectivity index (χ1n) is 5.81. The van der Waals surface area contributed by atoms with Gasteiger partial charge in [-0.25, -0.2) is 0 Å².